The molecule has 1 nitrogen and oxygen atoms in total. The van der Waals surface area contributed by atoms with E-state index in [4.69, 9.17) is 4.74 Å². The third-order valence-corrected chi connectivity index (χ3v) is 4.94. The molecule has 1 aromatic rings. The van der Waals surface area contributed by atoms with Crippen molar-refractivity contribution in [2.24, 2.45) is 5.92 Å². The molecule has 0 atom stereocenters. The first-order valence-electron chi connectivity index (χ1n) is 9.22. The van der Waals surface area contributed by atoms with Crippen molar-refractivity contribution in [1.82, 2.24) is 0 Å². The number of rotatable bonds is 8. The highest BCUT2D eigenvalue weighted by Crippen LogP contribution is 2.37. The van der Waals surface area contributed by atoms with Crippen molar-refractivity contribution >= 4 is 0 Å². The highest BCUT2D eigenvalue weighted by atomic mass is 16.5. The summed E-state index contributed by atoms with van der Waals surface area (Å²) in [5, 5.41) is 0. The Hall–Kier alpha value is -1.34. The molecule has 1 aromatic carbocycles. The van der Waals surface area contributed by atoms with Crippen LogP contribution in [0.4, 0.5) is 0 Å². The van der Waals surface area contributed by atoms with Crippen LogP contribution in [0, 0.1) is 5.92 Å². The first-order chi connectivity index (χ1) is 11.3. The molecule has 0 saturated heterocycles. The van der Waals surface area contributed by atoms with Gasteiger partial charge in [-0.2, -0.15) is 0 Å². The van der Waals surface area contributed by atoms with Crippen LogP contribution in [-0.2, 0) is 11.3 Å². The van der Waals surface area contributed by atoms with Crippen LogP contribution >= 0.6 is 0 Å². The average molecular weight is 312 g/mol. The van der Waals surface area contributed by atoms with Crippen LogP contribution in [-0.4, -0.2) is 6.61 Å². The highest BCUT2D eigenvalue weighted by molar-refractivity contribution is 5.25. The molecule has 0 bridgehead atoms. The minimum atomic E-state index is 0.730. The molecule has 0 aliphatic heterocycles. The van der Waals surface area contributed by atoms with Gasteiger partial charge in [0.2, 0.25) is 0 Å². The van der Waals surface area contributed by atoms with Gasteiger partial charge in [-0.05, 0) is 75.3 Å². The maximum Gasteiger partial charge on any atom is 0.0717 e. The van der Waals surface area contributed by atoms with Crippen molar-refractivity contribution in [3.05, 3.63) is 59.7 Å². The van der Waals surface area contributed by atoms with E-state index < -0.39 is 0 Å². The van der Waals surface area contributed by atoms with Crippen molar-refractivity contribution in [1.29, 1.82) is 0 Å². The molecule has 1 heteroatoms. The maximum absolute atomic E-state index is 5.70. The number of hydrogen-bond donors (Lipinski definition) is 0. The summed E-state index contributed by atoms with van der Waals surface area (Å²) in [4.78, 5) is 0. The first-order valence-corrected chi connectivity index (χ1v) is 9.22. The second-order valence-electron chi connectivity index (χ2n) is 6.67. The normalized spacial score (nSPS) is 22.2. The van der Waals surface area contributed by atoms with Gasteiger partial charge in [0.15, 0.2) is 0 Å². The van der Waals surface area contributed by atoms with Gasteiger partial charge in [-0.15, -0.1) is 0 Å². The van der Waals surface area contributed by atoms with Crippen molar-refractivity contribution in [3.63, 3.8) is 0 Å². The molecular weight excluding hydrogens is 280 g/mol. The molecule has 0 amide bonds. The molecule has 1 aliphatic rings. The van der Waals surface area contributed by atoms with E-state index in [1.54, 1.807) is 0 Å². The summed E-state index contributed by atoms with van der Waals surface area (Å²) < 4.78 is 5.70. The summed E-state index contributed by atoms with van der Waals surface area (Å²) in [6.45, 7) is 5.71. The van der Waals surface area contributed by atoms with Crippen LogP contribution in [0.25, 0.3) is 0 Å². The first kappa shape index (κ1) is 18.0. The standard InChI is InChI=1S/C22H32O/c1-3-5-7-17-23-18-20-11-15-22(16-12-20)21-13-9-19(10-14-21)8-6-4-2/h3-6,11-12,15-16,19,21H,7-10,13-14,17-18H2,1-2H3/b5-3+,6-4+/t19-,21-. The van der Waals surface area contributed by atoms with E-state index in [1.807, 2.05) is 6.92 Å². The van der Waals surface area contributed by atoms with Crippen LogP contribution in [0.15, 0.2) is 48.6 Å². The van der Waals surface area contributed by atoms with Gasteiger partial charge in [-0.3, -0.25) is 0 Å². The molecule has 0 heterocycles. The molecule has 0 unspecified atom stereocenters. The lowest BCUT2D eigenvalue weighted by Crippen LogP contribution is -2.12. The fraction of sp³-hybridized carbons (Fsp3) is 0.545. The fourth-order valence-corrected chi connectivity index (χ4v) is 3.45. The molecule has 23 heavy (non-hydrogen) atoms. The minimum Gasteiger partial charge on any atom is -0.376 e. The predicted molar refractivity (Wildman–Crippen MR) is 99.7 cm³/mol. The largest absolute Gasteiger partial charge is 0.376 e. The number of hydrogen-bond acceptors (Lipinski definition) is 1. The van der Waals surface area contributed by atoms with Crippen LogP contribution in [0.5, 0.6) is 0 Å². The van der Waals surface area contributed by atoms with Crippen LogP contribution in [0.2, 0.25) is 0 Å². The maximum atomic E-state index is 5.70. The Morgan fingerprint density at radius 3 is 2.30 bits per heavy atom. The fourth-order valence-electron chi connectivity index (χ4n) is 3.45. The number of allylic oxidation sites excluding steroid dienone is 3. The van der Waals surface area contributed by atoms with E-state index in [2.05, 4.69) is 55.5 Å². The lowest BCUT2D eigenvalue weighted by Gasteiger charge is -2.28. The lowest BCUT2D eigenvalue weighted by atomic mass is 9.77. The molecule has 126 valence electrons. The Balaban J connectivity index is 1.74. The van der Waals surface area contributed by atoms with E-state index in [9.17, 15) is 0 Å². The Morgan fingerprint density at radius 1 is 0.957 bits per heavy atom. The Kier molecular flexibility index (Phi) is 8.17. The second-order valence-corrected chi connectivity index (χ2v) is 6.67. The van der Waals surface area contributed by atoms with E-state index in [0.29, 0.717) is 0 Å². The van der Waals surface area contributed by atoms with E-state index in [-0.39, 0.29) is 0 Å². The smallest absolute Gasteiger partial charge is 0.0717 e. The third-order valence-electron chi connectivity index (χ3n) is 4.94. The van der Waals surface area contributed by atoms with E-state index >= 15 is 0 Å². The van der Waals surface area contributed by atoms with Gasteiger partial charge in [0.05, 0.1) is 13.2 Å². The average Bonchev–Trinajstić information content (AvgIpc) is 2.61. The molecule has 0 radical (unpaired) electrons. The van der Waals surface area contributed by atoms with Gasteiger partial charge < -0.3 is 4.74 Å². The molecule has 2 rings (SSSR count). The molecular formula is C22H32O. The Morgan fingerprint density at radius 2 is 1.65 bits per heavy atom. The van der Waals surface area contributed by atoms with Crippen molar-refractivity contribution in [2.45, 2.75) is 64.9 Å². The van der Waals surface area contributed by atoms with E-state index in [1.165, 1.54) is 43.2 Å². The molecule has 1 fully saturated rings. The van der Waals surface area contributed by atoms with E-state index in [0.717, 1.165) is 31.5 Å². The Bertz CT molecular complexity index is 475. The summed E-state index contributed by atoms with van der Waals surface area (Å²) in [5.74, 6) is 1.67. The van der Waals surface area contributed by atoms with Gasteiger partial charge in [-0.25, -0.2) is 0 Å². The summed E-state index contributed by atoms with van der Waals surface area (Å²) in [5.41, 5.74) is 2.81. The number of benzene rings is 1. The molecule has 0 spiro atoms. The number of ether oxygens (including phenoxy) is 1. The molecule has 0 N–H and O–H groups in total. The van der Waals surface area contributed by atoms with Crippen LogP contribution < -0.4 is 0 Å². The van der Waals surface area contributed by atoms with Gasteiger partial charge in [0.1, 0.15) is 0 Å². The third kappa shape index (κ3) is 6.35. The summed E-state index contributed by atoms with van der Waals surface area (Å²) in [7, 11) is 0. The summed E-state index contributed by atoms with van der Waals surface area (Å²) in [6, 6.07) is 9.14. The zero-order chi connectivity index (χ0) is 16.3. The zero-order valence-electron chi connectivity index (χ0n) is 14.8. The SMILES string of the molecule is C/C=C/CCOCc1ccc([C@H]2CC[C@H](C/C=C/C)CC2)cc1. The van der Waals surface area contributed by atoms with Gasteiger partial charge in [-0.1, -0.05) is 48.6 Å². The van der Waals surface area contributed by atoms with Crippen LogP contribution in [0.1, 0.15) is 69.4 Å². The molecule has 1 aliphatic carbocycles. The monoisotopic (exact) mass is 312 g/mol. The Labute approximate surface area is 142 Å². The second kappa shape index (κ2) is 10.4. The van der Waals surface area contributed by atoms with Gasteiger partial charge in [0, 0.05) is 0 Å². The van der Waals surface area contributed by atoms with Crippen molar-refractivity contribution in [2.75, 3.05) is 6.61 Å². The highest BCUT2D eigenvalue weighted by Gasteiger charge is 2.21. The van der Waals surface area contributed by atoms with Crippen molar-refractivity contribution in [3.8, 4) is 0 Å². The van der Waals surface area contributed by atoms with Gasteiger partial charge >= 0.3 is 0 Å². The van der Waals surface area contributed by atoms with Gasteiger partial charge in [0.25, 0.3) is 0 Å². The van der Waals surface area contributed by atoms with Crippen LogP contribution in [0.3, 0.4) is 0 Å². The quantitative estimate of drug-likeness (QED) is 0.398. The molecule has 1 saturated carbocycles. The zero-order valence-corrected chi connectivity index (χ0v) is 14.8. The van der Waals surface area contributed by atoms with Crippen molar-refractivity contribution < 1.29 is 4.74 Å². The summed E-state index contributed by atoms with van der Waals surface area (Å²) in [6.07, 6.45) is 16.5. The minimum absolute atomic E-state index is 0.730. The molecule has 0 aromatic heterocycles. The summed E-state index contributed by atoms with van der Waals surface area (Å²) >= 11 is 0. The topological polar surface area (TPSA) is 9.23 Å². The predicted octanol–water partition coefficient (Wildman–Crippen LogP) is 6.41. The lowest BCUT2D eigenvalue weighted by molar-refractivity contribution is 0.125.